The van der Waals surface area contributed by atoms with Crippen LogP contribution < -0.4 is 5.32 Å². The summed E-state index contributed by atoms with van der Waals surface area (Å²) in [5, 5.41) is 13.9. The van der Waals surface area contributed by atoms with Gasteiger partial charge in [-0.2, -0.15) is 0 Å². The van der Waals surface area contributed by atoms with Gasteiger partial charge < -0.3 is 15.2 Å². The Bertz CT molecular complexity index is 423. The lowest BCUT2D eigenvalue weighted by atomic mass is 10.0. The number of halogens is 1. The van der Waals surface area contributed by atoms with Crippen molar-refractivity contribution in [3.05, 3.63) is 33.8 Å². The number of aliphatic hydroxyl groups is 1. The van der Waals surface area contributed by atoms with Crippen LogP contribution in [0, 0.1) is 19.8 Å². The number of hydrogen-bond acceptors (Lipinski definition) is 3. The summed E-state index contributed by atoms with van der Waals surface area (Å²) in [7, 11) is 0. The minimum Gasteiger partial charge on any atom is -0.389 e. The smallest absolute Gasteiger partial charge is 0.0897 e. The Labute approximate surface area is 126 Å². The van der Waals surface area contributed by atoms with Crippen LogP contribution in [0.3, 0.4) is 0 Å². The molecule has 1 atom stereocenters. The summed E-state index contributed by atoms with van der Waals surface area (Å²) >= 11 is 6.02. The van der Waals surface area contributed by atoms with Gasteiger partial charge in [0.1, 0.15) is 0 Å². The van der Waals surface area contributed by atoms with Gasteiger partial charge in [0, 0.05) is 24.7 Å². The lowest BCUT2D eigenvalue weighted by Gasteiger charge is -2.15. The van der Waals surface area contributed by atoms with Crippen LogP contribution in [0.2, 0.25) is 5.02 Å². The Hall–Kier alpha value is -0.610. The molecule has 1 aliphatic rings. The standard InChI is InChI=1S/C16H24ClNO2/c1-11-5-14(17)6-12(2)16(11)8-18-7-15(19)10-20-9-13-3-4-13/h5-6,13,15,18-19H,3-4,7-10H2,1-2H3. The van der Waals surface area contributed by atoms with E-state index in [1.807, 2.05) is 12.1 Å². The lowest BCUT2D eigenvalue weighted by molar-refractivity contribution is 0.0324. The summed E-state index contributed by atoms with van der Waals surface area (Å²) in [6.45, 7) is 6.63. The van der Waals surface area contributed by atoms with E-state index in [4.69, 9.17) is 16.3 Å². The average Bonchev–Trinajstić information content (AvgIpc) is 3.16. The van der Waals surface area contributed by atoms with Gasteiger partial charge in [-0.15, -0.1) is 0 Å². The molecule has 1 fully saturated rings. The fourth-order valence-electron chi connectivity index (χ4n) is 2.30. The first-order valence-corrected chi connectivity index (χ1v) is 7.66. The molecule has 112 valence electrons. The minimum absolute atomic E-state index is 0.419. The van der Waals surface area contributed by atoms with Crippen molar-refractivity contribution in [2.45, 2.75) is 39.3 Å². The van der Waals surface area contributed by atoms with E-state index >= 15 is 0 Å². The van der Waals surface area contributed by atoms with Crippen molar-refractivity contribution in [1.29, 1.82) is 0 Å². The van der Waals surface area contributed by atoms with Crippen molar-refractivity contribution in [2.24, 2.45) is 5.92 Å². The third-order valence-electron chi connectivity index (χ3n) is 3.70. The van der Waals surface area contributed by atoms with Crippen molar-refractivity contribution in [3.8, 4) is 0 Å². The molecular formula is C16H24ClNO2. The van der Waals surface area contributed by atoms with Gasteiger partial charge in [0.25, 0.3) is 0 Å². The van der Waals surface area contributed by atoms with Crippen LogP contribution in [0.15, 0.2) is 12.1 Å². The van der Waals surface area contributed by atoms with Gasteiger partial charge in [0.05, 0.1) is 12.7 Å². The zero-order valence-corrected chi connectivity index (χ0v) is 13.0. The zero-order valence-electron chi connectivity index (χ0n) is 12.3. The first-order valence-electron chi connectivity index (χ1n) is 7.28. The minimum atomic E-state index is -0.443. The second-order valence-corrected chi connectivity index (χ2v) is 6.22. The van der Waals surface area contributed by atoms with Crippen LogP contribution in [0.25, 0.3) is 0 Å². The zero-order chi connectivity index (χ0) is 14.5. The van der Waals surface area contributed by atoms with E-state index in [-0.39, 0.29) is 0 Å². The molecule has 0 saturated heterocycles. The molecule has 3 nitrogen and oxygen atoms in total. The van der Waals surface area contributed by atoms with Gasteiger partial charge in [0.15, 0.2) is 0 Å². The highest BCUT2D eigenvalue weighted by Gasteiger charge is 2.21. The molecule has 4 heteroatoms. The normalized spacial score (nSPS) is 16.4. The molecule has 0 amide bonds. The summed E-state index contributed by atoms with van der Waals surface area (Å²) in [5.74, 6) is 0.745. The summed E-state index contributed by atoms with van der Waals surface area (Å²) in [4.78, 5) is 0. The highest BCUT2D eigenvalue weighted by atomic mass is 35.5. The molecule has 1 aromatic carbocycles. The molecule has 0 aromatic heterocycles. The van der Waals surface area contributed by atoms with E-state index in [0.29, 0.717) is 13.2 Å². The second kappa shape index (κ2) is 7.41. The molecule has 1 saturated carbocycles. The molecule has 0 bridgehead atoms. The van der Waals surface area contributed by atoms with Gasteiger partial charge in [-0.1, -0.05) is 11.6 Å². The Morgan fingerprint density at radius 1 is 1.35 bits per heavy atom. The molecule has 0 spiro atoms. The maximum absolute atomic E-state index is 9.83. The highest BCUT2D eigenvalue weighted by molar-refractivity contribution is 6.30. The Morgan fingerprint density at radius 2 is 2.00 bits per heavy atom. The molecule has 0 aliphatic heterocycles. The van der Waals surface area contributed by atoms with Crippen LogP contribution in [-0.2, 0) is 11.3 Å². The van der Waals surface area contributed by atoms with E-state index < -0.39 is 6.10 Å². The first-order chi connectivity index (χ1) is 9.56. The molecule has 1 aromatic rings. The summed E-state index contributed by atoms with van der Waals surface area (Å²) < 4.78 is 5.48. The SMILES string of the molecule is Cc1cc(Cl)cc(C)c1CNCC(O)COCC1CC1. The Morgan fingerprint density at radius 3 is 2.60 bits per heavy atom. The monoisotopic (exact) mass is 297 g/mol. The second-order valence-electron chi connectivity index (χ2n) is 5.78. The molecule has 1 aliphatic carbocycles. The predicted molar refractivity (Wildman–Crippen MR) is 82.2 cm³/mol. The number of benzene rings is 1. The fraction of sp³-hybridized carbons (Fsp3) is 0.625. The number of rotatable bonds is 8. The lowest BCUT2D eigenvalue weighted by Crippen LogP contribution is -2.30. The van der Waals surface area contributed by atoms with Crippen molar-refractivity contribution in [2.75, 3.05) is 19.8 Å². The van der Waals surface area contributed by atoms with Gasteiger partial charge >= 0.3 is 0 Å². The quantitative estimate of drug-likeness (QED) is 0.775. The highest BCUT2D eigenvalue weighted by Crippen LogP contribution is 2.28. The number of aryl methyl sites for hydroxylation is 2. The largest absolute Gasteiger partial charge is 0.389 e. The van der Waals surface area contributed by atoms with Gasteiger partial charge in [-0.05, 0) is 61.4 Å². The van der Waals surface area contributed by atoms with Crippen LogP contribution in [0.5, 0.6) is 0 Å². The third-order valence-corrected chi connectivity index (χ3v) is 3.92. The van der Waals surface area contributed by atoms with Crippen molar-refractivity contribution in [1.82, 2.24) is 5.32 Å². The van der Waals surface area contributed by atoms with Gasteiger partial charge in [-0.25, -0.2) is 0 Å². The van der Waals surface area contributed by atoms with E-state index in [9.17, 15) is 5.11 Å². The first kappa shape index (κ1) is 15.8. The van der Waals surface area contributed by atoms with E-state index in [0.717, 1.165) is 24.1 Å². The molecule has 2 rings (SSSR count). The summed E-state index contributed by atoms with van der Waals surface area (Å²) in [6, 6.07) is 3.95. The van der Waals surface area contributed by atoms with Gasteiger partial charge in [0.2, 0.25) is 0 Å². The van der Waals surface area contributed by atoms with Crippen LogP contribution >= 0.6 is 11.6 Å². The maximum Gasteiger partial charge on any atom is 0.0897 e. The van der Waals surface area contributed by atoms with Crippen molar-refractivity contribution >= 4 is 11.6 Å². The van der Waals surface area contributed by atoms with E-state index in [1.165, 1.54) is 29.5 Å². The maximum atomic E-state index is 9.83. The summed E-state index contributed by atoms with van der Waals surface area (Å²) in [5.41, 5.74) is 3.62. The summed E-state index contributed by atoms with van der Waals surface area (Å²) in [6.07, 6.45) is 2.12. The van der Waals surface area contributed by atoms with Crippen molar-refractivity contribution < 1.29 is 9.84 Å². The molecule has 0 radical (unpaired) electrons. The van der Waals surface area contributed by atoms with E-state index in [1.54, 1.807) is 0 Å². The fourth-order valence-corrected chi connectivity index (χ4v) is 2.62. The number of ether oxygens (including phenoxy) is 1. The van der Waals surface area contributed by atoms with Crippen molar-refractivity contribution in [3.63, 3.8) is 0 Å². The molecular weight excluding hydrogens is 274 g/mol. The molecule has 2 N–H and O–H groups in total. The third kappa shape index (κ3) is 5.06. The predicted octanol–water partition coefficient (Wildman–Crippen LogP) is 2.83. The average molecular weight is 298 g/mol. The number of nitrogens with one attached hydrogen (secondary N) is 1. The van der Waals surface area contributed by atoms with Crippen LogP contribution in [0.1, 0.15) is 29.5 Å². The molecule has 0 heterocycles. The molecule has 20 heavy (non-hydrogen) atoms. The molecule has 1 unspecified atom stereocenters. The topological polar surface area (TPSA) is 41.5 Å². The Balaban J connectivity index is 1.69. The number of hydrogen-bond donors (Lipinski definition) is 2. The van der Waals surface area contributed by atoms with E-state index in [2.05, 4.69) is 19.2 Å². The van der Waals surface area contributed by atoms with Crippen LogP contribution in [0.4, 0.5) is 0 Å². The van der Waals surface area contributed by atoms with Gasteiger partial charge in [-0.3, -0.25) is 0 Å². The van der Waals surface area contributed by atoms with Crippen LogP contribution in [-0.4, -0.2) is 31.0 Å². The Kier molecular flexibility index (Phi) is 5.85. The number of aliphatic hydroxyl groups excluding tert-OH is 1.